The van der Waals surface area contributed by atoms with Gasteiger partial charge in [0.2, 0.25) is 0 Å². The molecule has 5 nitrogen and oxygen atoms in total. The Labute approximate surface area is 67.4 Å². The summed E-state index contributed by atoms with van der Waals surface area (Å²) < 4.78 is 0. The second-order valence-corrected chi connectivity index (χ2v) is 1.77. The fourth-order valence-corrected chi connectivity index (χ4v) is 0.283. The lowest BCUT2D eigenvalue weighted by Gasteiger charge is -1.94. The van der Waals surface area contributed by atoms with Crippen LogP contribution < -0.4 is 16.8 Å². The Bertz CT molecular complexity index is 49.1. The van der Waals surface area contributed by atoms with Crippen molar-refractivity contribution >= 4 is 0 Å². The highest BCUT2D eigenvalue weighted by atomic mass is 16.3. The quantitative estimate of drug-likeness (QED) is 0.289. The second-order valence-electron chi connectivity index (χ2n) is 1.77. The van der Waals surface area contributed by atoms with Crippen LogP contribution in [0.25, 0.3) is 0 Å². The molecule has 0 aromatic carbocycles. The zero-order valence-corrected chi connectivity index (χ0v) is 6.79. The van der Waals surface area contributed by atoms with E-state index >= 15 is 0 Å². The molecular formula is C6H19N3O2. The van der Waals surface area contributed by atoms with Gasteiger partial charge in [-0.25, -0.2) is 0 Å². The molecule has 0 fully saturated rings. The first-order valence-electron chi connectivity index (χ1n) is 3.66. The molecule has 0 saturated carbocycles. The van der Waals surface area contributed by atoms with Crippen LogP contribution in [0.15, 0.2) is 0 Å². The summed E-state index contributed by atoms with van der Waals surface area (Å²) in [5, 5.41) is 19.1. The van der Waals surface area contributed by atoms with Gasteiger partial charge in [-0.2, -0.15) is 0 Å². The number of hydrogen-bond donors (Lipinski definition) is 5. The lowest BCUT2D eigenvalue weighted by Crippen LogP contribution is -2.21. The van der Waals surface area contributed by atoms with Gasteiger partial charge in [-0.1, -0.05) is 0 Å². The van der Waals surface area contributed by atoms with Crippen molar-refractivity contribution in [3.8, 4) is 0 Å². The van der Waals surface area contributed by atoms with Gasteiger partial charge in [0.15, 0.2) is 0 Å². The molecule has 0 unspecified atom stereocenters. The molecule has 0 rings (SSSR count). The van der Waals surface area contributed by atoms with Crippen LogP contribution in [0.2, 0.25) is 0 Å². The van der Waals surface area contributed by atoms with Crippen LogP contribution in [-0.2, 0) is 0 Å². The number of rotatable bonds is 5. The molecule has 0 spiro atoms. The number of nitrogens with two attached hydrogens (primary N) is 2. The Morgan fingerprint density at radius 1 is 0.909 bits per heavy atom. The molecule has 0 amide bonds. The Kier molecular flexibility index (Phi) is 20.0. The Morgan fingerprint density at radius 3 is 1.45 bits per heavy atom. The van der Waals surface area contributed by atoms with Gasteiger partial charge < -0.3 is 27.0 Å². The zero-order valence-electron chi connectivity index (χ0n) is 6.79. The van der Waals surface area contributed by atoms with Gasteiger partial charge in [-0.05, 0) is 0 Å². The third-order valence-electron chi connectivity index (χ3n) is 0.744. The molecule has 0 atom stereocenters. The highest BCUT2D eigenvalue weighted by Gasteiger charge is 1.78. The van der Waals surface area contributed by atoms with E-state index in [1.807, 2.05) is 0 Å². The largest absolute Gasteiger partial charge is 0.395 e. The minimum Gasteiger partial charge on any atom is -0.395 e. The van der Waals surface area contributed by atoms with E-state index in [0.29, 0.717) is 26.2 Å². The molecule has 70 valence electrons. The first kappa shape index (κ1) is 13.4. The molecule has 0 heterocycles. The Balaban J connectivity index is 0. The number of nitrogens with one attached hydrogen (secondary N) is 1. The van der Waals surface area contributed by atoms with Crippen LogP contribution >= 0.6 is 0 Å². The van der Waals surface area contributed by atoms with Crippen molar-refractivity contribution in [2.75, 3.05) is 39.4 Å². The molecule has 11 heavy (non-hydrogen) atoms. The van der Waals surface area contributed by atoms with Gasteiger partial charge in [0.25, 0.3) is 0 Å². The van der Waals surface area contributed by atoms with Crippen molar-refractivity contribution in [2.24, 2.45) is 11.5 Å². The van der Waals surface area contributed by atoms with Gasteiger partial charge in [0.05, 0.1) is 13.2 Å². The highest BCUT2D eigenvalue weighted by molar-refractivity contribution is 4.39. The smallest absolute Gasteiger partial charge is 0.0555 e. The van der Waals surface area contributed by atoms with Gasteiger partial charge in [0, 0.05) is 26.2 Å². The third kappa shape index (κ3) is 25.9. The standard InChI is InChI=1S/C4H11NO2.C2H8N2/c6-3-1-5-2-4-7;3-1-2-4/h5-7H,1-4H2;1-4H2. The molecule has 5 heteroatoms. The summed E-state index contributed by atoms with van der Waals surface area (Å²) in [4.78, 5) is 0. The highest BCUT2D eigenvalue weighted by Crippen LogP contribution is 1.54. The van der Waals surface area contributed by atoms with Crippen molar-refractivity contribution in [1.29, 1.82) is 0 Å². The number of aliphatic hydroxyl groups excluding tert-OH is 2. The van der Waals surface area contributed by atoms with E-state index < -0.39 is 0 Å². The average molecular weight is 165 g/mol. The zero-order chi connectivity index (χ0) is 8.95. The van der Waals surface area contributed by atoms with E-state index in [1.165, 1.54) is 0 Å². The fourth-order valence-electron chi connectivity index (χ4n) is 0.283. The van der Waals surface area contributed by atoms with Gasteiger partial charge in [-0.15, -0.1) is 0 Å². The van der Waals surface area contributed by atoms with E-state index in [4.69, 9.17) is 21.7 Å². The first-order chi connectivity index (χ1) is 5.33. The molecule has 0 aliphatic carbocycles. The second kappa shape index (κ2) is 16.4. The van der Waals surface area contributed by atoms with Crippen LogP contribution in [0.5, 0.6) is 0 Å². The lowest BCUT2D eigenvalue weighted by molar-refractivity contribution is 0.267. The maximum Gasteiger partial charge on any atom is 0.0555 e. The minimum atomic E-state index is 0.139. The first-order valence-corrected chi connectivity index (χ1v) is 3.66. The summed E-state index contributed by atoms with van der Waals surface area (Å²) in [6, 6.07) is 0. The molecular weight excluding hydrogens is 146 g/mol. The molecule has 0 radical (unpaired) electrons. The molecule has 0 bridgehead atoms. The SMILES string of the molecule is NCCN.OCCNCCO. The van der Waals surface area contributed by atoms with E-state index in [2.05, 4.69) is 5.32 Å². The molecule has 0 aliphatic heterocycles. The van der Waals surface area contributed by atoms with Crippen molar-refractivity contribution in [2.45, 2.75) is 0 Å². The fraction of sp³-hybridized carbons (Fsp3) is 1.00. The van der Waals surface area contributed by atoms with Crippen LogP contribution in [-0.4, -0.2) is 49.6 Å². The molecule has 0 saturated heterocycles. The maximum atomic E-state index is 8.15. The summed E-state index contributed by atoms with van der Waals surface area (Å²) in [5.41, 5.74) is 9.81. The summed E-state index contributed by atoms with van der Waals surface area (Å²) in [6.45, 7) is 2.61. The third-order valence-corrected chi connectivity index (χ3v) is 0.744. The summed E-state index contributed by atoms with van der Waals surface area (Å²) in [5.74, 6) is 0. The molecule has 0 aromatic rings. The maximum absolute atomic E-state index is 8.15. The van der Waals surface area contributed by atoms with Crippen molar-refractivity contribution < 1.29 is 10.2 Å². The number of hydrogen-bond acceptors (Lipinski definition) is 5. The summed E-state index contributed by atoms with van der Waals surface area (Å²) >= 11 is 0. The van der Waals surface area contributed by atoms with E-state index in [1.54, 1.807) is 0 Å². The predicted molar refractivity (Wildman–Crippen MR) is 45.2 cm³/mol. The molecule has 0 aliphatic rings. The molecule has 0 aromatic heterocycles. The van der Waals surface area contributed by atoms with Crippen LogP contribution in [0.3, 0.4) is 0 Å². The van der Waals surface area contributed by atoms with E-state index in [-0.39, 0.29) is 13.2 Å². The topological polar surface area (TPSA) is 105 Å². The van der Waals surface area contributed by atoms with Gasteiger partial charge in [-0.3, -0.25) is 0 Å². The van der Waals surface area contributed by atoms with Crippen molar-refractivity contribution in [1.82, 2.24) is 5.32 Å². The molecule has 7 N–H and O–H groups in total. The van der Waals surface area contributed by atoms with E-state index in [0.717, 1.165) is 0 Å². The number of aliphatic hydroxyl groups is 2. The summed E-state index contributed by atoms with van der Waals surface area (Å²) in [7, 11) is 0. The van der Waals surface area contributed by atoms with Gasteiger partial charge in [0.1, 0.15) is 0 Å². The monoisotopic (exact) mass is 165 g/mol. The van der Waals surface area contributed by atoms with Crippen LogP contribution in [0.4, 0.5) is 0 Å². The normalized spacial score (nSPS) is 8.73. The minimum absolute atomic E-state index is 0.139. The van der Waals surface area contributed by atoms with Crippen molar-refractivity contribution in [3.63, 3.8) is 0 Å². The van der Waals surface area contributed by atoms with Crippen LogP contribution in [0.1, 0.15) is 0 Å². The Hall–Kier alpha value is -0.200. The van der Waals surface area contributed by atoms with Gasteiger partial charge >= 0.3 is 0 Å². The van der Waals surface area contributed by atoms with E-state index in [9.17, 15) is 0 Å². The predicted octanol–water partition coefficient (Wildman–Crippen LogP) is -2.54. The lowest BCUT2D eigenvalue weighted by atomic mass is 10.6. The van der Waals surface area contributed by atoms with Crippen molar-refractivity contribution in [3.05, 3.63) is 0 Å². The Morgan fingerprint density at radius 2 is 1.27 bits per heavy atom. The van der Waals surface area contributed by atoms with Crippen LogP contribution in [0, 0.1) is 0 Å². The average Bonchev–Trinajstić information content (AvgIpc) is 2.06. The summed E-state index contributed by atoms with van der Waals surface area (Å²) in [6.07, 6.45) is 0.